The molecule has 3 aromatic rings. The molecule has 1 aromatic heterocycles. The molecule has 1 aliphatic rings. The number of urea groups is 1. The number of fused-ring (bicyclic) bond motifs is 1. The van der Waals surface area contributed by atoms with Crippen LogP contribution in [0.15, 0.2) is 78.7 Å². The number of hydrogen-bond donors (Lipinski definition) is 1. The third kappa shape index (κ3) is 3.96. The molecule has 152 valence electrons. The Kier molecular flexibility index (Phi) is 5.61. The van der Waals surface area contributed by atoms with Crippen LogP contribution in [0.3, 0.4) is 0 Å². The van der Waals surface area contributed by atoms with Crippen LogP contribution in [-0.2, 0) is 6.42 Å². The molecule has 1 atom stereocenters. The fourth-order valence-corrected chi connectivity index (χ4v) is 3.81. The number of anilines is 1. The lowest BCUT2D eigenvalue weighted by Crippen LogP contribution is -2.36. The maximum absolute atomic E-state index is 13.4. The van der Waals surface area contributed by atoms with Crippen LogP contribution in [0.4, 0.5) is 14.9 Å². The molecule has 0 radical (unpaired) electrons. The molecule has 4 rings (SSSR count). The van der Waals surface area contributed by atoms with Crippen LogP contribution in [0.5, 0.6) is 0 Å². The van der Waals surface area contributed by atoms with Gasteiger partial charge in [0.05, 0.1) is 11.6 Å². The van der Waals surface area contributed by atoms with E-state index in [4.69, 9.17) is 0 Å². The predicted molar refractivity (Wildman–Crippen MR) is 119 cm³/mol. The number of allylic oxidation sites excluding steroid dienone is 2. The topological polar surface area (TPSA) is 45.2 Å². The van der Waals surface area contributed by atoms with Crippen LogP contribution >= 0.6 is 0 Å². The average Bonchev–Trinajstić information content (AvgIpc) is 2.78. The molecule has 30 heavy (non-hydrogen) atoms. The number of halogens is 1. The third-order valence-electron chi connectivity index (χ3n) is 5.52. The number of carbonyl (C=O) groups is 1. The van der Waals surface area contributed by atoms with Gasteiger partial charge in [0.2, 0.25) is 0 Å². The molecular weight excluding hydrogens is 377 g/mol. The van der Waals surface area contributed by atoms with Crippen molar-refractivity contribution in [2.45, 2.75) is 32.7 Å². The van der Waals surface area contributed by atoms with Crippen LogP contribution in [0, 0.1) is 5.82 Å². The molecule has 0 saturated heterocycles. The molecule has 2 aromatic carbocycles. The van der Waals surface area contributed by atoms with Crippen molar-refractivity contribution in [3.8, 4) is 0 Å². The Hall–Kier alpha value is -3.47. The van der Waals surface area contributed by atoms with Gasteiger partial charge in [-0.15, -0.1) is 0 Å². The van der Waals surface area contributed by atoms with E-state index in [0.29, 0.717) is 6.42 Å². The lowest BCUT2D eigenvalue weighted by atomic mass is 9.94. The molecule has 0 fully saturated rings. The highest BCUT2D eigenvalue weighted by Crippen LogP contribution is 2.33. The number of amides is 2. The van der Waals surface area contributed by atoms with Gasteiger partial charge < -0.3 is 5.32 Å². The molecule has 0 saturated carbocycles. The fraction of sp³-hybridized carbons (Fsp3) is 0.200. The van der Waals surface area contributed by atoms with E-state index >= 15 is 0 Å². The Morgan fingerprint density at radius 3 is 2.80 bits per heavy atom. The Balaban J connectivity index is 1.67. The van der Waals surface area contributed by atoms with Gasteiger partial charge in [0, 0.05) is 23.5 Å². The largest absolute Gasteiger partial charge is 0.326 e. The summed E-state index contributed by atoms with van der Waals surface area (Å²) >= 11 is 0. The molecule has 4 nitrogen and oxygen atoms in total. The van der Waals surface area contributed by atoms with Crippen molar-refractivity contribution in [1.82, 2.24) is 9.88 Å². The van der Waals surface area contributed by atoms with E-state index in [2.05, 4.69) is 17.2 Å². The van der Waals surface area contributed by atoms with Crippen LogP contribution in [-0.4, -0.2) is 15.9 Å². The third-order valence-corrected chi connectivity index (χ3v) is 5.52. The maximum Gasteiger partial charge on any atom is 0.326 e. The van der Waals surface area contributed by atoms with E-state index in [1.807, 2.05) is 43.3 Å². The molecule has 0 aliphatic carbocycles. The minimum Gasteiger partial charge on any atom is -0.307 e. The number of carbonyl (C=O) groups excluding carboxylic acids is 1. The number of nitrogens with one attached hydrogen (secondary N) is 1. The highest BCUT2D eigenvalue weighted by molar-refractivity contribution is 5.94. The van der Waals surface area contributed by atoms with E-state index < -0.39 is 0 Å². The van der Waals surface area contributed by atoms with Crippen molar-refractivity contribution in [3.05, 3.63) is 95.6 Å². The molecule has 2 heterocycles. The summed E-state index contributed by atoms with van der Waals surface area (Å²) in [5, 5.41) is 4.06. The predicted octanol–water partition coefficient (Wildman–Crippen LogP) is 6.38. The van der Waals surface area contributed by atoms with E-state index in [-0.39, 0.29) is 17.9 Å². The zero-order valence-corrected chi connectivity index (χ0v) is 17.1. The van der Waals surface area contributed by atoms with Gasteiger partial charge in [0.25, 0.3) is 0 Å². The molecule has 2 amide bonds. The smallest absolute Gasteiger partial charge is 0.307 e. The van der Waals surface area contributed by atoms with Gasteiger partial charge in [0.15, 0.2) is 0 Å². The number of nitrogens with zero attached hydrogens (tertiary/aromatic N) is 2. The van der Waals surface area contributed by atoms with Gasteiger partial charge in [-0.25, -0.2) is 9.18 Å². The van der Waals surface area contributed by atoms with Gasteiger partial charge >= 0.3 is 6.03 Å². The monoisotopic (exact) mass is 401 g/mol. The van der Waals surface area contributed by atoms with E-state index in [1.165, 1.54) is 12.1 Å². The van der Waals surface area contributed by atoms with Gasteiger partial charge in [0.1, 0.15) is 5.82 Å². The first-order valence-electron chi connectivity index (χ1n) is 10.1. The van der Waals surface area contributed by atoms with Gasteiger partial charge in [-0.2, -0.15) is 0 Å². The zero-order valence-electron chi connectivity index (χ0n) is 17.1. The molecule has 1 N–H and O–H groups in total. The van der Waals surface area contributed by atoms with Gasteiger partial charge in [-0.05, 0) is 72.9 Å². The highest BCUT2D eigenvalue weighted by atomic mass is 19.1. The number of pyridine rings is 1. The summed E-state index contributed by atoms with van der Waals surface area (Å²) in [5.41, 5.74) is 4.76. The van der Waals surface area contributed by atoms with E-state index in [0.717, 1.165) is 39.7 Å². The molecule has 5 heteroatoms. The maximum atomic E-state index is 13.4. The number of rotatable bonds is 3. The summed E-state index contributed by atoms with van der Waals surface area (Å²) in [4.78, 5) is 19.4. The normalized spacial score (nSPS) is 17.5. The van der Waals surface area contributed by atoms with Gasteiger partial charge in [-0.3, -0.25) is 9.88 Å². The van der Waals surface area contributed by atoms with Crippen molar-refractivity contribution in [1.29, 1.82) is 0 Å². The molecule has 1 unspecified atom stereocenters. The Morgan fingerprint density at radius 2 is 2.07 bits per heavy atom. The first-order chi connectivity index (χ1) is 14.6. The number of benzene rings is 2. The number of hydrogen-bond acceptors (Lipinski definition) is 2. The first kappa shape index (κ1) is 19.8. The van der Waals surface area contributed by atoms with Crippen molar-refractivity contribution < 1.29 is 9.18 Å². The second-order valence-corrected chi connectivity index (χ2v) is 7.35. The lowest BCUT2D eigenvalue weighted by Gasteiger charge is -2.33. The van der Waals surface area contributed by atoms with Crippen LogP contribution in [0.25, 0.3) is 10.9 Å². The minimum absolute atomic E-state index is 0.200. The molecule has 1 aliphatic heterocycles. The van der Waals surface area contributed by atoms with Crippen LogP contribution in [0.2, 0.25) is 0 Å². The van der Waals surface area contributed by atoms with E-state index in [1.54, 1.807) is 29.4 Å². The van der Waals surface area contributed by atoms with Crippen molar-refractivity contribution in [2.24, 2.45) is 0 Å². The quantitative estimate of drug-likeness (QED) is 0.554. The second-order valence-electron chi connectivity index (χ2n) is 7.35. The zero-order chi connectivity index (χ0) is 21.1. The Labute approximate surface area is 175 Å². The average molecular weight is 401 g/mol. The highest BCUT2D eigenvalue weighted by Gasteiger charge is 2.27. The summed E-state index contributed by atoms with van der Waals surface area (Å²) in [6.07, 6.45) is 9.01. The Morgan fingerprint density at radius 1 is 1.27 bits per heavy atom. The van der Waals surface area contributed by atoms with Crippen molar-refractivity contribution >= 4 is 22.6 Å². The fourth-order valence-electron chi connectivity index (χ4n) is 3.81. The lowest BCUT2D eigenvalue weighted by molar-refractivity contribution is 0.211. The molecule has 0 spiro atoms. The summed E-state index contributed by atoms with van der Waals surface area (Å²) in [6, 6.07) is 13.8. The SMILES string of the molecule is C/C=C1\C=CN(C(=O)Nc2cc3cccnc3cc2CC)C(c2ccc(F)cc2)C1. The number of aromatic nitrogens is 1. The molecule has 0 bridgehead atoms. The summed E-state index contributed by atoms with van der Waals surface area (Å²) in [7, 11) is 0. The van der Waals surface area contributed by atoms with Gasteiger partial charge in [-0.1, -0.05) is 31.2 Å². The second kappa shape index (κ2) is 8.49. The molecular formula is C25H24FN3O. The Bertz CT molecular complexity index is 1130. The standard InChI is InChI=1S/C25H24FN3O/c1-3-17-11-13-29(24(14-17)19-7-9-21(26)10-8-19)25(30)28-23-16-20-6-5-12-27-22(20)15-18(23)4-2/h3,5-13,15-16,24H,4,14H2,1-2H3,(H,28,30)/b17-3+. The van der Waals surface area contributed by atoms with Crippen LogP contribution in [0.1, 0.15) is 37.4 Å². The number of aryl methyl sites for hydroxylation is 1. The summed E-state index contributed by atoms with van der Waals surface area (Å²) in [6.45, 7) is 4.04. The minimum atomic E-state index is -0.287. The van der Waals surface area contributed by atoms with E-state index in [9.17, 15) is 9.18 Å². The first-order valence-corrected chi connectivity index (χ1v) is 10.1. The van der Waals surface area contributed by atoms with Crippen LogP contribution < -0.4 is 5.32 Å². The summed E-state index contributed by atoms with van der Waals surface area (Å²) < 4.78 is 13.4. The van der Waals surface area contributed by atoms with Crippen molar-refractivity contribution in [2.75, 3.05) is 5.32 Å². The van der Waals surface area contributed by atoms with Crippen molar-refractivity contribution in [3.63, 3.8) is 0 Å². The summed E-state index contributed by atoms with van der Waals surface area (Å²) in [5.74, 6) is -0.287.